The molecule has 2 heterocycles. The molecule has 0 aliphatic heterocycles. The van der Waals surface area contributed by atoms with Crippen LogP contribution in [0, 0.1) is 5.21 Å². The van der Waals surface area contributed by atoms with Gasteiger partial charge in [-0.25, -0.2) is 33.0 Å². The standard InChI is InChI=1S/C22H18N8O5S/c31-22-26-18-6-1-2-7-19(18)29(22)21-24-13-23-20(27-21)25-14-4-3-5-15(12-14)28-36(34,35)17-10-8-16(9-11-17)30(32)33/h1-13,28,30,32H,(H,26,31)(H,23,24,25,27). The van der Waals surface area contributed by atoms with Gasteiger partial charge in [-0.1, -0.05) is 18.2 Å². The molecule has 36 heavy (non-hydrogen) atoms. The molecule has 2 aromatic heterocycles. The first-order valence-corrected chi connectivity index (χ1v) is 11.9. The number of quaternary nitrogens is 1. The monoisotopic (exact) mass is 506 g/mol. The fraction of sp³-hybridized carbons (Fsp3) is 0. The van der Waals surface area contributed by atoms with Crippen molar-refractivity contribution in [2.75, 3.05) is 10.0 Å². The molecule has 14 heteroatoms. The summed E-state index contributed by atoms with van der Waals surface area (Å²) in [5.41, 5.74) is 1.54. The fourth-order valence-corrected chi connectivity index (χ4v) is 4.54. The summed E-state index contributed by atoms with van der Waals surface area (Å²) in [7, 11) is -3.96. The molecule has 13 nitrogen and oxygen atoms in total. The van der Waals surface area contributed by atoms with Crippen LogP contribution in [0.3, 0.4) is 0 Å². The molecule has 0 aliphatic carbocycles. The number of rotatable bonds is 7. The second-order valence-corrected chi connectivity index (χ2v) is 9.22. The van der Waals surface area contributed by atoms with Gasteiger partial charge in [0.25, 0.3) is 10.0 Å². The van der Waals surface area contributed by atoms with E-state index in [9.17, 15) is 18.4 Å². The summed E-state index contributed by atoms with van der Waals surface area (Å²) in [5.74, 6) is 0.248. The number of hydrogen-bond acceptors (Lipinski definition) is 9. The van der Waals surface area contributed by atoms with Crippen LogP contribution in [0.15, 0.2) is 88.8 Å². The van der Waals surface area contributed by atoms with Crippen molar-refractivity contribution in [1.82, 2.24) is 24.5 Å². The molecule has 0 amide bonds. The number of hydrogen-bond donors (Lipinski definition) is 5. The highest BCUT2D eigenvalue weighted by molar-refractivity contribution is 7.92. The van der Waals surface area contributed by atoms with Gasteiger partial charge in [0.1, 0.15) is 6.33 Å². The van der Waals surface area contributed by atoms with Gasteiger partial charge in [0.05, 0.1) is 21.6 Å². The van der Waals surface area contributed by atoms with Crippen molar-refractivity contribution in [1.29, 1.82) is 0 Å². The predicted molar refractivity (Wildman–Crippen MR) is 130 cm³/mol. The SMILES string of the molecule is O=c1[nH]c2ccccc2n1-c1ncnc(Nc2cccc(NS(=O)(=O)c3ccc([NH+]([O-])O)cc3)c2)n1. The number of H-pyrrole nitrogens is 1. The molecule has 3 aromatic carbocycles. The molecule has 1 unspecified atom stereocenters. The minimum absolute atomic E-state index is 0.0215. The Morgan fingerprint density at radius 1 is 0.972 bits per heavy atom. The van der Waals surface area contributed by atoms with Gasteiger partial charge >= 0.3 is 5.69 Å². The average Bonchev–Trinajstić information content (AvgIpc) is 3.20. The zero-order valence-corrected chi connectivity index (χ0v) is 19.1. The quantitative estimate of drug-likeness (QED) is 0.204. The molecule has 0 spiro atoms. The van der Waals surface area contributed by atoms with Crippen molar-refractivity contribution in [2.45, 2.75) is 4.90 Å². The lowest BCUT2D eigenvalue weighted by Gasteiger charge is -2.13. The molecule has 0 fully saturated rings. The van der Waals surface area contributed by atoms with Crippen molar-refractivity contribution in [2.24, 2.45) is 0 Å². The maximum atomic E-state index is 12.7. The number of nitrogens with zero attached hydrogens (tertiary/aromatic N) is 4. The van der Waals surface area contributed by atoms with Crippen LogP contribution in [0.4, 0.5) is 23.0 Å². The van der Waals surface area contributed by atoms with E-state index < -0.39 is 20.9 Å². The summed E-state index contributed by atoms with van der Waals surface area (Å²) in [6.45, 7) is 0. The van der Waals surface area contributed by atoms with E-state index in [0.717, 1.165) is 0 Å². The maximum Gasteiger partial charge on any atom is 0.333 e. The third-order valence-electron chi connectivity index (χ3n) is 5.13. The number of fused-ring (bicyclic) bond motifs is 1. The second kappa shape index (κ2) is 9.20. The van der Waals surface area contributed by atoms with Crippen molar-refractivity contribution >= 4 is 44.1 Å². The first kappa shape index (κ1) is 23.1. The molecule has 1 atom stereocenters. The topological polar surface area (TPSA) is 182 Å². The number of aromatic amines is 1. The zero-order chi connectivity index (χ0) is 25.3. The van der Waals surface area contributed by atoms with Crippen LogP contribution in [-0.4, -0.2) is 38.1 Å². The number of anilines is 3. The van der Waals surface area contributed by atoms with Gasteiger partial charge in [-0.2, -0.15) is 10.2 Å². The highest BCUT2D eigenvalue weighted by Gasteiger charge is 2.16. The molecular formula is C22H18N8O5S. The summed E-state index contributed by atoms with van der Waals surface area (Å²) >= 11 is 0. The van der Waals surface area contributed by atoms with E-state index in [2.05, 4.69) is 30.0 Å². The lowest BCUT2D eigenvalue weighted by Crippen LogP contribution is -2.99. The summed E-state index contributed by atoms with van der Waals surface area (Å²) < 4.78 is 29.2. The van der Waals surface area contributed by atoms with E-state index in [-0.39, 0.29) is 28.2 Å². The number of benzene rings is 3. The fourth-order valence-electron chi connectivity index (χ4n) is 3.49. The minimum atomic E-state index is -3.96. The van der Waals surface area contributed by atoms with E-state index in [1.54, 1.807) is 42.5 Å². The smallest absolute Gasteiger partial charge is 0.333 e. The summed E-state index contributed by atoms with van der Waals surface area (Å²) in [6.07, 6.45) is 1.26. The number of aromatic nitrogens is 5. The van der Waals surface area contributed by atoms with Crippen LogP contribution in [-0.2, 0) is 10.0 Å². The number of para-hydroxylation sites is 2. The second-order valence-electron chi connectivity index (χ2n) is 7.53. The molecule has 0 saturated heterocycles. The molecule has 0 saturated carbocycles. The molecule has 0 radical (unpaired) electrons. The average molecular weight is 507 g/mol. The van der Waals surface area contributed by atoms with Gasteiger partial charge in [0, 0.05) is 17.8 Å². The van der Waals surface area contributed by atoms with Crippen molar-refractivity contribution in [3.8, 4) is 5.95 Å². The highest BCUT2D eigenvalue weighted by atomic mass is 32.2. The summed E-state index contributed by atoms with van der Waals surface area (Å²) in [5, 5.41) is 21.8. The highest BCUT2D eigenvalue weighted by Crippen LogP contribution is 2.22. The Balaban J connectivity index is 1.38. The Morgan fingerprint density at radius 2 is 1.72 bits per heavy atom. The van der Waals surface area contributed by atoms with Crippen molar-refractivity contribution < 1.29 is 18.9 Å². The Labute approximate surface area is 203 Å². The third-order valence-corrected chi connectivity index (χ3v) is 6.53. The molecule has 0 aliphatic rings. The minimum Gasteiger partial charge on any atom is -0.595 e. The number of nitrogens with one attached hydrogen (secondary N) is 4. The Morgan fingerprint density at radius 3 is 2.50 bits per heavy atom. The Hall–Kier alpha value is -4.63. The van der Waals surface area contributed by atoms with Crippen molar-refractivity contribution in [3.05, 3.63) is 94.8 Å². The van der Waals surface area contributed by atoms with Crippen LogP contribution in [0.2, 0.25) is 0 Å². The normalized spacial score (nSPS) is 12.4. The van der Waals surface area contributed by atoms with Gasteiger partial charge < -0.3 is 15.5 Å². The maximum absolute atomic E-state index is 12.7. The van der Waals surface area contributed by atoms with E-state index in [1.165, 1.54) is 41.2 Å². The molecule has 5 N–H and O–H groups in total. The Kier molecular flexibility index (Phi) is 5.91. The van der Waals surface area contributed by atoms with Gasteiger partial charge in [-0.05, 0) is 42.5 Å². The third kappa shape index (κ3) is 4.64. The van der Waals surface area contributed by atoms with Gasteiger partial charge in [0.15, 0.2) is 5.69 Å². The van der Waals surface area contributed by atoms with Crippen LogP contribution >= 0.6 is 0 Å². The molecule has 182 valence electrons. The summed E-state index contributed by atoms with van der Waals surface area (Å²) in [6, 6.07) is 18.4. The molecule has 0 bridgehead atoms. The van der Waals surface area contributed by atoms with Gasteiger partial charge in [-0.15, -0.1) is 0 Å². The van der Waals surface area contributed by atoms with Crippen LogP contribution in [0.1, 0.15) is 0 Å². The van der Waals surface area contributed by atoms with E-state index in [1.807, 2.05) is 0 Å². The van der Waals surface area contributed by atoms with Crippen LogP contribution in [0.5, 0.6) is 0 Å². The van der Waals surface area contributed by atoms with E-state index in [4.69, 9.17) is 5.21 Å². The molecule has 5 rings (SSSR count). The summed E-state index contributed by atoms with van der Waals surface area (Å²) in [4.78, 5) is 27.6. The first-order valence-electron chi connectivity index (χ1n) is 10.4. The van der Waals surface area contributed by atoms with E-state index in [0.29, 0.717) is 16.7 Å². The van der Waals surface area contributed by atoms with Gasteiger partial charge in [-0.3, -0.25) is 4.72 Å². The first-order chi connectivity index (χ1) is 17.3. The largest absolute Gasteiger partial charge is 0.595 e. The number of sulfonamides is 1. The lowest BCUT2D eigenvalue weighted by molar-refractivity contribution is -0.991. The molecule has 5 aromatic rings. The van der Waals surface area contributed by atoms with E-state index >= 15 is 0 Å². The zero-order valence-electron chi connectivity index (χ0n) is 18.3. The molecular weight excluding hydrogens is 488 g/mol. The lowest BCUT2D eigenvalue weighted by atomic mass is 10.3. The predicted octanol–water partition coefficient (Wildman–Crippen LogP) is 1.45. The van der Waals surface area contributed by atoms with Gasteiger partial charge in [0.2, 0.25) is 11.9 Å². The Bertz CT molecular complexity index is 1710. The van der Waals surface area contributed by atoms with Crippen LogP contribution in [0.25, 0.3) is 17.0 Å². The van der Waals surface area contributed by atoms with Crippen molar-refractivity contribution in [3.63, 3.8) is 0 Å². The van der Waals surface area contributed by atoms with Crippen LogP contribution < -0.4 is 21.0 Å². The number of imidazole rings is 1.